The van der Waals surface area contributed by atoms with E-state index in [1.807, 2.05) is 20.0 Å². The van der Waals surface area contributed by atoms with Gasteiger partial charge >= 0.3 is 0 Å². The van der Waals surface area contributed by atoms with E-state index < -0.39 is 0 Å². The van der Waals surface area contributed by atoms with Crippen molar-refractivity contribution in [2.24, 2.45) is 0 Å². The Morgan fingerprint density at radius 2 is 1.53 bits per heavy atom. The van der Waals surface area contributed by atoms with Crippen molar-refractivity contribution < 1.29 is 0 Å². The first-order chi connectivity index (χ1) is 8.90. The van der Waals surface area contributed by atoms with Crippen LogP contribution in [0, 0.1) is 27.7 Å². The molecule has 0 saturated carbocycles. The van der Waals surface area contributed by atoms with Crippen molar-refractivity contribution >= 4 is 17.2 Å². The molecule has 0 unspecified atom stereocenters. The maximum absolute atomic E-state index is 5.82. The zero-order valence-electron chi connectivity index (χ0n) is 12.3. The van der Waals surface area contributed by atoms with E-state index in [0.717, 1.165) is 17.1 Å². The Balaban J connectivity index is 2.46. The molecule has 100 valence electrons. The number of nitrogen functional groups attached to an aromatic ring is 1. The third-order valence-corrected chi connectivity index (χ3v) is 3.65. The van der Waals surface area contributed by atoms with E-state index in [2.05, 4.69) is 42.8 Å². The highest BCUT2D eigenvalue weighted by atomic mass is 15.2. The van der Waals surface area contributed by atoms with Crippen molar-refractivity contribution in [3.8, 4) is 0 Å². The highest BCUT2D eigenvalue weighted by Crippen LogP contribution is 2.29. The van der Waals surface area contributed by atoms with Crippen LogP contribution in [0.1, 0.15) is 22.3 Å². The summed E-state index contributed by atoms with van der Waals surface area (Å²) in [6.45, 7) is 8.40. The number of rotatable bonds is 2. The summed E-state index contributed by atoms with van der Waals surface area (Å²) in [6, 6.07) is 6.44. The van der Waals surface area contributed by atoms with Crippen LogP contribution in [0.2, 0.25) is 0 Å². The molecule has 1 aromatic carbocycles. The van der Waals surface area contributed by atoms with Gasteiger partial charge in [-0.25, -0.2) is 4.98 Å². The summed E-state index contributed by atoms with van der Waals surface area (Å²) in [7, 11) is 2.04. The van der Waals surface area contributed by atoms with Gasteiger partial charge in [-0.05, 0) is 62.1 Å². The van der Waals surface area contributed by atoms with Crippen LogP contribution in [-0.2, 0) is 0 Å². The quantitative estimate of drug-likeness (QED) is 0.890. The predicted octanol–water partition coefficient (Wildman–Crippen LogP) is 3.67. The number of hydrogen-bond acceptors (Lipinski definition) is 3. The van der Waals surface area contributed by atoms with Crippen molar-refractivity contribution in [1.29, 1.82) is 0 Å². The van der Waals surface area contributed by atoms with Crippen LogP contribution in [0.5, 0.6) is 0 Å². The van der Waals surface area contributed by atoms with Crippen molar-refractivity contribution in [3.05, 3.63) is 46.6 Å². The lowest BCUT2D eigenvalue weighted by molar-refractivity contribution is 1.10. The van der Waals surface area contributed by atoms with Crippen molar-refractivity contribution in [2.45, 2.75) is 27.7 Å². The molecule has 0 saturated heterocycles. The molecule has 0 bridgehead atoms. The molecule has 2 rings (SSSR count). The number of aryl methyl sites for hydroxylation is 4. The van der Waals surface area contributed by atoms with Gasteiger partial charge in [0.2, 0.25) is 0 Å². The Labute approximate surface area is 115 Å². The van der Waals surface area contributed by atoms with E-state index in [-0.39, 0.29) is 0 Å². The smallest absolute Gasteiger partial charge is 0.133 e. The molecule has 0 spiro atoms. The molecule has 1 heterocycles. The van der Waals surface area contributed by atoms with Crippen LogP contribution in [-0.4, -0.2) is 12.0 Å². The third-order valence-electron chi connectivity index (χ3n) is 3.65. The summed E-state index contributed by atoms with van der Waals surface area (Å²) < 4.78 is 0. The lowest BCUT2D eigenvalue weighted by Crippen LogP contribution is -2.13. The minimum absolute atomic E-state index is 0.731. The summed E-state index contributed by atoms with van der Waals surface area (Å²) in [4.78, 5) is 6.51. The molecule has 19 heavy (non-hydrogen) atoms. The average Bonchev–Trinajstić information content (AvgIpc) is 2.36. The van der Waals surface area contributed by atoms with E-state index in [0.29, 0.717) is 0 Å². The Kier molecular flexibility index (Phi) is 3.47. The van der Waals surface area contributed by atoms with Gasteiger partial charge in [0.15, 0.2) is 0 Å². The van der Waals surface area contributed by atoms with Crippen molar-refractivity contribution in [3.63, 3.8) is 0 Å². The third kappa shape index (κ3) is 2.55. The lowest BCUT2D eigenvalue weighted by atomic mass is 10.0. The molecule has 0 aliphatic heterocycles. The Bertz CT molecular complexity index is 618. The Morgan fingerprint density at radius 3 is 2.16 bits per heavy atom. The van der Waals surface area contributed by atoms with Crippen molar-refractivity contribution in [1.82, 2.24) is 4.98 Å². The SMILES string of the molecule is Cc1cc(C)c(N(C)c2cc(C)c(N)cn2)cc1C. The average molecular weight is 255 g/mol. The fraction of sp³-hybridized carbons (Fsp3) is 0.312. The first-order valence-corrected chi connectivity index (χ1v) is 6.44. The highest BCUT2D eigenvalue weighted by Gasteiger charge is 2.10. The zero-order valence-corrected chi connectivity index (χ0v) is 12.3. The fourth-order valence-electron chi connectivity index (χ4n) is 2.17. The molecule has 0 radical (unpaired) electrons. The summed E-state index contributed by atoms with van der Waals surface area (Å²) in [5.74, 6) is 0.915. The van der Waals surface area contributed by atoms with Crippen LogP contribution in [0.15, 0.2) is 24.4 Å². The second kappa shape index (κ2) is 4.92. The molecular formula is C16H21N3. The molecule has 3 heteroatoms. The van der Waals surface area contributed by atoms with Gasteiger partial charge in [0.25, 0.3) is 0 Å². The van der Waals surface area contributed by atoms with Gasteiger partial charge in [-0.1, -0.05) is 6.07 Å². The van der Waals surface area contributed by atoms with E-state index >= 15 is 0 Å². The number of hydrogen-bond donors (Lipinski definition) is 1. The summed E-state index contributed by atoms with van der Waals surface area (Å²) in [5.41, 5.74) is 12.6. The maximum Gasteiger partial charge on any atom is 0.133 e. The minimum Gasteiger partial charge on any atom is -0.397 e. The molecule has 3 nitrogen and oxygen atoms in total. The first kappa shape index (κ1) is 13.4. The Hall–Kier alpha value is -2.03. The lowest BCUT2D eigenvalue weighted by Gasteiger charge is -2.22. The molecule has 0 aliphatic rings. The molecular weight excluding hydrogens is 234 g/mol. The largest absolute Gasteiger partial charge is 0.397 e. The number of nitrogens with two attached hydrogens (primary N) is 1. The second-order valence-corrected chi connectivity index (χ2v) is 5.18. The van der Waals surface area contributed by atoms with Crippen molar-refractivity contribution in [2.75, 3.05) is 17.7 Å². The second-order valence-electron chi connectivity index (χ2n) is 5.18. The van der Waals surface area contributed by atoms with Crippen LogP contribution in [0.25, 0.3) is 0 Å². The van der Waals surface area contributed by atoms with E-state index in [1.54, 1.807) is 6.20 Å². The summed E-state index contributed by atoms with van der Waals surface area (Å²) >= 11 is 0. The normalized spacial score (nSPS) is 10.6. The van der Waals surface area contributed by atoms with Crippen LogP contribution < -0.4 is 10.6 Å². The minimum atomic E-state index is 0.731. The molecule has 2 N–H and O–H groups in total. The molecule has 0 fully saturated rings. The van der Waals surface area contributed by atoms with Crippen LogP contribution >= 0.6 is 0 Å². The molecule has 0 amide bonds. The van der Waals surface area contributed by atoms with E-state index in [1.165, 1.54) is 22.4 Å². The van der Waals surface area contributed by atoms with E-state index in [9.17, 15) is 0 Å². The van der Waals surface area contributed by atoms with Gasteiger partial charge in [0.05, 0.1) is 11.9 Å². The van der Waals surface area contributed by atoms with Crippen LogP contribution in [0.3, 0.4) is 0 Å². The predicted molar refractivity (Wildman–Crippen MR) is 82.1 cm³/mol. The molecule has 2 aromatic rings. The zero-order chi connectivity index (χ0) is 14.2. The maximum atomic E-state index is 5.82. The van der Waals surface area contributed by atoms with Gasteiger partial charge in [0.1, 0.15) is 5.82 Å². The highest BCUT2D eigenvalue weighted by molar-refractivity contribution is 5.66. The number of anilines is 3. The van der Waals surface area contributed by atoms with Gasteiger partial charge in [-0.2, -0.15) is 0 Å². The number of pyridine rings is 1. The van der Waals surface area contributed by atoms with Gasteiger partial charge in [0, 0.05) is 12.7 Å². The topological polar surface area (TPSA) is 42.1 Å². The monoisotopic (exact) mass is 255 g/mol. The summed E-state index contributed by atoms with van der Waals surface area (Å²) in [6.07, 6.45) is 1.72. The molecule has 0 atom stereocenters. The first-order valence-electron chi connectivity index (χ1n) is 6.44. The molecule has 0 aliphatic carbocycles. The fourth-order valence-corrected chi connectivity index (χ4v) is 2.17. The van der Waals surface area contributed by atoms with E-state index in [4.69, 9.17) is 5.73 Å². The number of nitrogens with zero attached hydrogens (tertiary/aromatic N) is 2. The van der Waals surface area contributed by atoms with Gasteiger partial charge in [-0.3, -0.25) is 0 Å². The van der Waals surface area contributed by atoms with Crippen LogP contribution in [0.4, 0.5) is 17.2 Å². The molecule has 1 aromatic heterocycles. The van der Waals surface area contributed by atoms with Gasteiger partial charge in [-0.15, -0.1) is 0 Å². The number of aromatic nitrogens is 1. The number of benzene rings is 1. The Morgan fingerprint density at radius 1 is 0.895 bits per heavy atom. The standard InChI is InChI=1S/C16H21N3/c1-10-6-13(4)15(7-11(10)2)19(5)16-8-12(3)14(17)9-18-16/h6-9H,17H2,1-5H3. The summed E-state index contributed by atoms with van der Waals surface area (Å²) in [5, 5.41) is 0. The van der Waals surface area contributed by atoms with Gasteiger partial charge < -0.3 is 10.6 Å².